The predicted octanol–water partition coefficient (Wildman–Crippen LogP) is 4.00. The Morgan fingerprint density at radius 2 is 1.89 bits per heavy atom. The molecule has 0 spiro atoms. The second-order valence-electron chi connectivity index (χ2n) is 3.79. The second kappa shape index (κ2) is 5.74. The number of carbonyl (C=O) groups is 1. The van der Waals surface area contributed by atoms with E-state index in [1.165, 1.54) is 6.07 Å². The summed E-state index contributed by atoms with van der Waals surface area (Å²) >= 11 is 17.5. The predicted molar refractivity (Wildman–Crippen MR) is 76.2 cm³/mol. The van der Waals surface area contributed by atoms with Crippen LogP contribution in [0, 0.1) is 6.92 Å². The van der Waals surface area contributed by atoms with Crippen molar-refractivity contribution in [1.29, 1.82) is 0 Å². The summed E-state index contributed by atoms with van der Waals surface area (Å²) in [5.74, 6) is -0.429. The van der Waals surface area contributed by atoms with Gasteiger partial charge in [0.25, 0.3) is 5.91 Å². The van der Waals surface area contributed by atoms with E-state index in [1.807, 2.05) is 6.92 Å². The third-order valence-electron chi connectivity index (χ3n) is 2.39. The molecule has 98 valence electrons. The minimum absolute atomic E-state index is 0.0138. The number of anilines is 1. The average molecular weight is 317 g/mol. The molecule has 1 aromatic heterocycles. The first-order valence-corrected chi connectivity index (χ1v) is 6.37. The molecule has 2 aromatic rings. The normalized spacial score (nSPS) is 10.3. The Labute approximate surface area is 124 Å². The van der Waals surface area contributed by atoms with E-state index < -0.39 is 5.91 Å². The molecule has 0 aliphatic carbocycles. The fourth-order valence-corrected chi connectivity index (χ4v) is 1.89. The van der Waals surface area contributed by atoms with E-state index in [-0.39, 0.29) is 15.9 Å². The zero-order valence-electron chi connectivity index (χ0n) is 9.75. The van der Waals surface area contributed by atoms with Crippen molar-refractivity contribution in [2.24, 2.45) is 0 Å². The number of nitrogens with zero attached hydrogens (tertiary/aromatic N) is 2. The molecule has 1 heterocycles. The molecule has 0 radical (unpaired) electrons. The Balaban J connectivity index is 2.25. The van der Waals surface area contributed by atoms with Crippen molar-refractivity contribution >= 4 is 46.4 Å². The van der Waals surface area contributed by atoms with Gasteiger partial charge in [-0.3, -0.25) is 4.79 Å². The zero-order chi connectivity index (χ0) is 14.0. The molecule has 0 bridgehead atoms. The molecule has 0 atom stereocenters. The van der Waals surface area contributed by atoms with Crippen LogP contribution in [0.25, 0.3) is 0 Å². The van der Waals surface area contributed by atoms with Crippen molar-refractivity contribution in [2.45, 2.75) is 6.92 Å². The maximum absolute atomic E-state index is 12.0. The molecular formula is C12H8Cl3N3O. The highest BCUT2D eigenvalue weighted by Crippen LogP contribution is 2.22. The molecule has 1 N–H and O–H groups in total. The van der Waals surface area contributed by atoms with Crippen molar-refractivity contribution in [3.05, 3.63) is 50.7 Å². The van der Waals surface area contributed by atoms with Gasteiger partial charge in [-0.05, 0) is 30.7 Å². The van der Waals surface area contributed by atoms with Gasteiger partial charge in [-0.25, -0.2) is 0 Å². The molecule has 0 unspecified atom stereocenters. The number of aryl methyl sites for hydroxylation is 1. The van der Waals surface area contributed by atoms with Gasteiger partial charge in [-0.2, -0.15) is 0 Å². The fraction of sp³-hybridized carbons (Fsp3) is 0.0833. The van der Waals surface area contributed by atoms with E-state index in [0.717, 1.165) is 5.56 Å². The summed E-state index contributed by atoms with van der Waals surface area (Å²) in [7, 11) is 0. The van der Waals surface area contributed by atoms with Crippen LogP contribution < -0.4 is 5.32 Å². The fourth-order valence-electron chi connectivity index (χ4n) is 1.38. The lowest BCUT2D eigenvalue weighted by Crippen LogP contribution is -2.13. The number of rotatable bonds is 2. The summed E-state index contributed by atoms with van der Waals surface area (Å²) in [6, 6.07) is 6.54. The first-order chi connectivity index (χ1) is 8.97. The van der Waals surface area contributed by atoms with E-state index in [4.69, 9.17) is 34.8 Å². The lowest BCUT2D eigenvalue weighted by atomic mass is 10.2. The van der Waals surface area contributed by atoms with Crippen LogP contribution >= 0.6 is 34.8 Å². The molecule has 7 heteroatoms. The molecular weight excluding hydrogens is 309 g/mol. The summed E-state index contributed by atoms with van der Waals surface area (Å²) in [5.41, 5.74) is 1.63. The van der Waals surface area contributed by atoms with E-state index in [0.29, 0.717) is 10.7 Å². The number of halogens is 3. The van der Waals surface area contributed by atoms with Gasteiger partial charge in [0.15, 0.2) is 10.3 Å². The number of hydrogen-bond donors (Lipinski definition) is 1. The maximum atomic E-state index is 12.0. The topological polar surface area (TPSA) is 54.9 Å². The molecule has 0 saturated carbocycles. The first-order valence-electron chi connectivity index (χ1n) is 5.23. The van der Waals surface area contributed by atoms with Crippen LogP contribution in [0.4, 0.5) is 5.69 Å². The van der Waals surface area contributed by atoms with Crippen LogP contribution in [-0.4, -0.2) is 16.1 Å². The van der Waals surface area contributed by atoms with Gasteiger partial charge >= 0.3 is 0 Å². The highest BCUT2D eigenvalue weighted by atomic mass is 35.5. The molecule has 0 aliphatic heterocycles. The smallest absolute Gasteiger partial charge is 0.258 e. The Hall–Kier alpha value is -1.36. The molecule has 0 saturated heterocycles. The van der Waals surface area contributed by atoms with Crippen molar-refractivity contribution in [3.63, 3.8) is 0 Å². The molecule has 4 nitrogen and oxygen atoms in total. The van der Waals surface area contributed by atoms with Crippen molar-refractivity contribution < 1.29 is 4.79 Å². The minimum Gasteiger partial charge on any atom is -0.322 e. The highest BCUT2D eigenvalue weighted by molar-refractivity contribution is 6.34. The Bertz CT molecular complexity index is 646. The van der Waals surface area contributed by atoms with Crippen LogP contribution in [-0.2, 0) is 0 Å². The van der Waals surface area contributed by atoms with Gasteiger partial charge in [0.1, 0.15) is 0 Å². The van der Waals surface area contributed by atoms with Gasteiger partial charge in [0.2, 0.25) is 0 Å². The SMILES string of the molecule is Cc1ccc(NC(=O)c2cc(Cl)nnc2Cl)cc1Cl. The summed E-state index contributed by atoms with van der Waals surface area (Å²) in [5, 5.41) is 10.4. The number of amides is 1. The van der Waals surface area contributed by atoms with E-state index in [9.17, 15) is 4.79 Å². The zero-order valence-corrected chi connectivity index (χ0v) is 12.0. The Kier molecular flexibility index (Phi) is 4.24. The monoisotopic (exact) mass is 315 g/mol. The first kappa shape index (κ1) is 14.1. The Morgan fingerprint density at radius 3 is 2.58 bits per heavy atom. The molecule has 2 rings (SSSR count). The minimum atomic E-state index is -0.429. The summed E-state index contributed by atoms with van der Waals surface area (Å²) in [6.45, 7) is 1.87. The van der Waals surface area contributed by atoms with Crippen LogP contribution in [0.2, 0.25) is 15.3 Å². The van der Waals surface area contributed by atoms with Crippen LogP contribution in [0.1, 0.15) is 15.9 Å². The number of hydrogen-bond acceptors (Lipinski definition) is 3. The van der Waals surface area contributed by atoms with Gasteiger partial charge in [-0.1, -0.05) is 40.9 Å². The maximum Gasteiger partial charge on any atom is 0.258 e. The Morgan fingerprint density at radius 1 is 1.16 bits per heavy atom. The van der Waals surface area contributed by atoms with Crippen molar-refractivity contribution in [2.75, 3.05) is 5.32 Å². The third-order valence-corrected chi connectivity index (χ3v) is 3.26. The quantitative estimate of drug-likeness (QED) is 0.911. The third kappa shape index (κ3) is 3.35. The van der Waals surface area contributed by atoms with E-state index in [2.05, 4.69) is 15.5 Å². The lowest BCUT2D eigenvalue weighted by molar-refractivity contribution is 0.102. The van der Waals surface area contributed by atoms with Crippen LogP contribution in [0.5, 0.6) is 0 Å². The van der Waals surface area contributed by atoms with Gasteiger partial charge in [0, 0.05) is 10.7 Å². The summed E-state index contributed by atoms with van der Waals surface area (Å²) < 4.78 is 0. The average Bonchev–Trinajstić information content (AvgIpc) is 2.36. The van der Waals surface area contributed by atoms with Crippen molar-refractivity contribution in [3.8, 4) is 0 Å². The number of benzene rings is 1. The lowest BCUT2D eigenvalue weighted by Gasteiger charge is -2.07. The number of carbonyl (C=O) groups excluding carboxylic acids is 1. The number of aromatic nitrogens is 2. The van der Waals surface area contributed by atoms with Gasteiger partial charge < -0.3 is 5.32 Å². The van der Waals surface area contributed by atoms with Gasteiger partial charge in [-0.15, -0.1) is 10.2 Å². The van der Waals surface area contributed by atoms with Gasteiger partial charge in [0.05, 0.1) is 5.56 Å². The van der Waals surface area contributed by atoms with E-state index >= 15 is 0 Å². The van der Waals surface area contributed by atoms with Crippen LogP contribution in [0.15, 0.2) is 24.3 Å². The van der Waals surface area contributed by atoms with E-state index in [1.54, 1.807) is 18.2 Å². The molecule has 0 aliphatic rings. The largest absolute Gasteiger partial charge is 0.322 e. The highest BCUT2D eigenvalue weighted by Gasteiger charge is 2.13. The summed E-state index contributed by atoms with van der Waals surface area (Å²) in [6.07, 6.45) is 0. The standard InChI is InChI=1S/C12H8Cl3N3O/c1-6-2-3-7(4-9(6)13)16-12(19)8-5-10(14)17-18-11(8)15/h2-5H,1H3,(H,16,19). The molecule has 1 amide bonds. The van der Waals surface area contributed by atoms with Crippen LogP contribution in [0.3, 0.4) is 0 Å². The second-order valence-corrected chi connectivity index (χ2v) is 4.94. The number of nitrogens with one attached hydrogen (secondary N) is 1. The molecule has 1 aromatic carbocycles. The summed E-state index contributed by atoms with van der Waals surface area (Å²) in [4.78, 5) is 12.0. The molecule has 0 fully saturated rings. The molecule has 19 heavy (non-hydrogen) atoms. The van der Waals surface area contributed by atoms with Crippen molar-refractivity contribution in [1.82, 2.24) is 10.2 Å².